The van der Waals surface area contributed by atoms with Crippen molar-refractivity contribution in [2.24, 2.45) is 4.99 Å². The van der Waals surface area contributed by atoms with Crippen LogP contribution < -0.4 is 0 Å². The predicted molar refractivity (Wildman–Crippen MR) is 53.6 cm³/mol. The molecule has 5 nitrogen and oxygen atoms in total. The molecule has 0 atom stereocenters. The Kier molecular flexibility index (Phi) is 3.10. The molecule has 0 N–H and O–H groups in total. The maximum Gasteiger partial charge on any atom is 0.284 e. The van der Waals surface area contributed by atoms with Crippen molar-refractivity contribution in [1.29, 1.82) is 0 Å². The predicted octanol–water partition coefficient (Wildman–Crippen LogP) is 2.17. The van der Waals surface area contributed by atoms with Crippen LogP contribution in [-0.2, 0) is 4.79 Å². The van der Waals surface area contributed by atoms with Crippen LogP contribution in [0.2, 0.25) is 0 Å². The number of nitro groups is 1. The van der Waals surface area contributed by atoms with Crippen LogP contribution in [0.15, 0.2) is 23.2 Å². The van der Waals surface area contributed by atoms with Crippen molar-refractivity contribution in [2.45, 2.75) is 0 Å². The molecular weight excluding hydrogens is 287 g/mol. The third-order valence-electron chi connectivity index (χ3n) is 1.32. The summed E-state index contributed by atoms with van der Waals surface area (Å²) in [6.07, 6.45) is 1.34. The Bertz CT molecular complexity index is 378. The first-order valence-electron chi connectivity index (χ1n) is 3.17. The summed E-state index contributed by atoms with van der Waals surface area (Å²) < 4.78 is 0.341. The van der Waals surface area contributed by atoms with Crippen LogP contribution >= 0.6 is 22.6 Å². The topological polar surface area (TPSA) is 72.6 Å². The fraction of sp³-hybridized carbons (Fsp3) is 0. The number of halogens is 1. The van der Waals surface area contributed by atoms with E-state index >= 15 is 0 Å². The van der Waals surface area contributed by atoms with Crippen LogP contribution in [0, 0.1) is 13.7 Å². The fourth-order valence-electron chi connectivity index (χ4n) is 0.784. The zero-order valence-corrected chi connectivity index (χ0v) is 8.39. The minimum absolute atomic E-state index is 0.0582. The average Bonchev–Trinajstić information content (AvgIpc) is 2.08. The molecule has 0 amide bonds. The summed E-state index contributed by atoms with van der Waals surface area (Å²) >= 11 is 1.77. The van der Waals surface area contributed by atoms with Gasteiger partial charge < -0.3 is 0 Å². The Labute approximate surface area is 86.8 Å². The molecule has 0 heterocycles. The van der Waals surface area contributed by atoms with Crippen LogP contribution in [0.3, 0.4) is 0 Å². The van der Waals surface area contributed by atoms with Crippen LogP contribution in [-0.4, -0.2) is 11.0 Å². The molecule has 0 aliphatic carbocycles. The zero-order chi connectivity index (χ0) is 9.84. The van der Waals surface area contributed by atoms with E-state index in [-0.39, 0.29) is 11.4 Å². The molecule has 1 rings (SSSR count). The Morgan fingerprint density at radius 3 is 2.77 bits per heavy atom. The highest BCUT2D eigenvalue weighted by atomic mass is 127. The van der Waals surface area contributed by atoms with Crippen molar-refractivity contribution in [3.8, 4) is 0 Å². The molecule has 0 saturated carbocycles. The second kappa shape index (κ2) is 4.11. The van der Waals surface area contributed by atoms with Gasteiger partial charge in [0, 0.05) is 6.07 Å². The van der Waals surface area contributed by atoms with Crippen molar-refractivity contribution < 1.29 is 9.72 Å². The molecule has 0 saturated heterocycles. The molecule has 1 aromatic carbocycles. The Morgan fingerprint density at radius 1 is 1.54 bits per heavy atom. The summed E-state index contributed by atoms with van der Waals surface area (Å²) in [5, 5.41) is 10.4. The first-order chi connectivity index (χ1) is 6.16. The molecule has 0 radical (unpaired) electrons. The smallest absolute Gasteiger partial charge is 0.258 e. The maximum atomic E-state index is 10.4. The van der Waals surface area contributed by atoms with E-state index in [0.717, 1.165) is 0 Å². The largest absolute Gasteiger partial charge is 0.284 e. The van der Waals surface area contributed by atoms with E-state index in [1.165, 1.54) is 24.3 Å². The summed E-state index contributed by atoms with van der Waals surface area (Å²) in [7, 11) is 0. The summed E-state index contributed by atoms with van der Waals surface area (Å²) in [5.74, 6) is 0. The van der Waals surface area contributed by atoms with E-state index in [0.29, 0.717) is 3.57 Å². The highest BCUT2D eigenvalue weighted by Crippen LogP contribution is 2.29. The van der Waals surface area contributed by atoms with Gasteiger partial charge in [-0.05, 0) is 28.7 Å². The average molecular weight is 290 g/mol. The van der Waals surface area contributed by atoms with Gasteiger partial charge in [0.1, 0.15) is 3.57 Å². The van der Waals surface area contributed by atoms with Crippen LogP contribution in [0.4, 0.5) is 11.4 Å². The number of nitrogens with zero attached hydrogens (tertiary/aromatic N) is 2. The van der Waals surface area contributed by atoms with Crippen molar-refractivity contribution >= 4 is 40.0 Å². The molecule has 66 valence electrons. The lowest BCUT2D eigenvalue weighted by molar-refractivity contribution is -0.385. The molecule has 0 aliphatic rings. The van der Waals surface area contributed by atoms with Crippen molar-refractivity contribution in [3.63, 3.8) is 0 Å². The maximum absolute atomic E-state index is 10.4. The Balaban J connectivity index is 3.34. The van der Waals surface area contributed by atoms with Gasteiger partial charge in [-0.2, -0.15) is 4.99 Å². The lowest BCUT2D eigenvalue weighted by atomic mass is 10.3. The molecular formula is C7H3IN2O3. The fourth-order valence-corrected chi connectivity index (χ4v) is 1.46. The van der Waals surface area contributed by atoms with Gasteiger partial charge >= 0.3 is 0 Å². The number of isocyanates is 1. The van der Waals surface area contributed by atoms with Crippen molar-refractivity contribution in [1.82, 2.24) is 0 Å². The van der Waals surface area contributed by atoms with E-state index in [9.17, 15) is 14.9 Å². The van der Waals surface area contributed by atoms with Crippen molar-refractivity contribution in [3.05, 3.63) is 31.9 Å². The number of aliphatic imine (C=N–C) groups is 1. The molecule has 13 heavy (non-hydrogen) atoms. The van der Waals surface area contributed by atoms with Crippen LogP contribution in [0.5, 0.6) is 0 Å². The summed E-state index contributed by atoms with van der Waals surface area (Å²) in [4.78, 5) is 23.2. The van der Waals surface area contributed by atoms with Gasteiger partial charge in [0.15, 0.2) is 0 Å². The quantitative estimate of drug-likeness (QED) is 0.275. The molecule has 6 heteroatoms. The number of rotatable bonds is 2. The summed E-state index contributed by atoms with van der Waals surface area (Å²) in [5.41, 5.74) is 0.210. The molecule has 0 spiro atoms. The molecule has 0 aliphatic heterocycles. The van der Waals surface area contributed by atoms with Gasteiger partial charge in [-0.3, -0.25) is 10.1 Å². The zero-order valence-electron chi connectivity index (χ0n) is 6.23. The monoisotopic (exact) mass is 290 g/mol. The van der Waals surface area contributed by atoms with Crippen LogP contribution in [0.1, 0.15) is 0 Å². The SMILES string of the molecule is O=C=Nc1cccc([N+](=O)[O-])c1I. The summed E-state index contributed by atoms with van der Waals surface area (Å²) in [6, 6.07) is 4.34. The minimum atomic E-state index is -0.522. The molecule has 0 aromatic heterocycles. The first kappa shape index (κ1) is 9.82. The molecule has 1 aromatic rings. The van der Waals surface area contributed by atoms with Crippen molar-refractivity contribution in [2.75, 3.05) is 0 Å². The van der Waals surface area contributed by atoms with Crippen LogP contribution in [0.25, 0.3) is 0 Å². The third kappa shape index (κ3) is 2.10. The Morgan fingerprint density at radius 2 is 2.23 bits per heavy atom. The molecule has 0 fully saturated rings. The van der Waals surface area contributed by atoms with Gasteiger partial charge in [0.2, 0.25) is 6.08 Å². The number of benzene rings is 1. The molecule has 0 unspecified atom stereocenters. The van der Waals surface area contributed by atoms with Gasteiger partial charge in [0.05, 0.1) is 10.6 Å². The number of hydrogen-bond donors (Lipinski definition) is 0. The highest BCUT2D eigenvalue weighted by Gasteiger charge is 2.13. The van der Waals surface area contributed by atoms with E-state index in [2.05, 4.69) is 4.99 Å². The van der Waals surface area contributed by atoms with E-state index in [1.54, 1.807) is 22.6 Å². The van der Waals surface area contributed by atoms with E-state index in [4.69, 9.17) is 0 Å². The standard InChI is InChI=1S/C7H3IN2O3/c8-7-5(9-4-11)2-1-3-6(7)10(12)13/h1-3H. The molecule has 0 bridgehead atoms. The number of carbonyl (C=O) groups excluding carboxylic acids is 1. The second-order valence-corrected chi connectivity index (χ2v) is 3.15. The first-order valence-corrected chi connectivity index (χ1v) is 4.25. The van der Waals surface area contributed by atoms with E-state index in [1.807, 2.05) is 0 Å². The van der Waals surface area contributed by atoms with Gasteiger partial charge in [-0.15, -0.1) is 0 Å². The number of nitro benzene ring substituents is 1. The van der Waals surface area contributed by atoms with Gasteiger partial charge in [0.25, 0.3) is 5.69 Å². The lowest BCUT2D eigenvalue weighted by Gasteiger charge is -1.96. The second-order valence-electron chi connectivity index (χ2n) is 2.07. The normalized spacial score (nSPS) is 9.00. The highest BCUT2D eigenvalue weighted by molar-refractivity contribution is 14.1. The third-order valence-corrected chi connectivity index (χ3v) is 2.43. The lowest BCUT2D eigenvalue weighted by Crippen LogP contribution is -1.90. The summed E-state index contributed by atoms with van der Waals surface area (Å²) in [6.45, 7) is 0. The minimum Gasteiger partial charge on any atom is -0.258 e. The number of hydrogen-bond acceptors (Lipinski definition) is 4. The van der Waals surface area contributed by atoms with Gasteiger partial charge in [-0.1, -0.05) is 6.07 Å². The van der Waals surface area contributed by atoms with E-state index < -0.39 is 4.92 Å². The van der Waals surface area contributed by atoms with Gasteiger partial charge in [-0.25, -0.2) is 4.79 Å². The Hall–Kier alpha value is -1.27.